The van der Waals surface area contributed by atoms with Crippen molar-refractivity contribution in [2.45, 2.75) is 70.2 Å². The first-order valence-corrected chi connectivity index (χ1v) is 10.5. The van der Waals surface area contributed by atoms with Crippen molar-refractivity contribution in [3.63, 3.8) is 0 Å². The van der Waals surface area contributed by atoms with Gasteiger partial charge in [0.2, 0.25) is 5.79 Å². The fourth-order valence-electron chi connectivity index (χ4n) is 3.90. The zero-order chi connectivity index (χ0) is 25.3. The number of rotatable bonds is 5. The Morgan fingerprint density at radius 3 is 2.29 bits per heavy atom. The highest BCUT2D eigenvalue weighted by atomic mass is 16.8. The summed E-state index contributed by atoms with van der Waals surface area (Å²) in [7, 11) is 0. The van der Waals surface area contributed by atoms with E-state index in [1.807, 2.05) is 0 Å². The van der Waals surface area contributed by atoms with Crippen LogP contribution in [0.4, 0.5) is 0 Å². The number of hydrogen-bond donors (Lipinski definition) is 2. The van der Waals surface area contributed by atoms with E-state index < -0.39 is 53.6 Å². The monoisotopic (exact) mass is 478 g/mol. The number of aliphatic hydroxyl groups is 2. The van der Waals surface area contributed by atoms with Crippen molar-refractivity contribution in [1.82, 2.24) is 0 Å². The van der Waals surface area contributed by atoms with Gasteiger partial charge in [0.25, 0.3) is 0 Å². The molecule has 1 aliphatic heterocycles. The molecule has 0 bridgehead atoms. The summed E-state index contributed by atoms with van der Waals surface area (Å²) < 4.78 is 26.2. The van der Waals surface area contributed by atoms with E-state index in [0.29, 0.717) is 5.56 Å². The van der Waals surface area contributed by atoms with E-state index in [-0.39, 0.29) is 24.3 Å². The first-order chi connectivity index (χ1) is 15.8. The standard InChI is InChI=1S/C23H26O11/c1-12(24)30-16-7-5-14(9-17(16)31-13(2)25)6-8-19(27)32-18-11-23(10-15(26)20(18)28)21(29)33-22(3,4)34-23/h5-9,15,18,20,26,28H,10-11H2,1-4H3/b8-6+/t15-,18-,20-,23+/m1/s1. The number of carbonyl (C=O) groups excluding carboxylic acids is 4. The molecule has 1 aromatic rings. The maximum atomic E-state index is 12.4. The zero-order valence-electron chi connectivity index (χ0n) is 19.1. The molecule has 1 aliphatic carbocycles. The van der Waals surface area contributed by atoms with Gasteiger partial charge in [0.15, 0.2) is 17.1 Å². The van der Waals surface area contributed by atoms with E-state index >= 15 is 0 Å². The lowest BCUT2D eigenvalue weighted by Crippen LogP contribution is -2.56. The van der Waals surface area contributed by atoms with Crippen LogP contribution < -0.4 is 9.47 Å². The molecule has 3 rings (SSSR count). The number of carbonyl (C=O) groups is 4. The average Bonchev–Trinajstić information content (AvgIpc) is 2.92. The molecule has 0 unspecified atom stereocenters. The second-order valence-electron chi connectivity index (χ2n) is 8.55. The number of benzene rings is 1. The van der Waals surface area contributed by atoms with Crippen LogP contribution in [0, 0.1) is 0 Å². The molecular weight excluding hydrogens is 452 g/mol. The summed E-state index contributed by atoms with van der Waals surface area (Å²) in [6, 6.07) is 4.27. The van der Waals surface area contributed by atoms with Gasteiger partial charge >= 0.3 is 23.9 Å². The average molecular weight is 478 g/mol. The summed E-state index contributed by atoms with van der Waals surface area (Å²) in [4.78, 5) is 47.4. The van der Waals surface area contributed by atoms with Crippen molar-refractivity contribution >= 4 is 30.0 Å². The second kappa shape index (κ2) is 9.53. The molecule has 11 heteroatoms. The molecule has 2 aliphatic rings. The minimum Gasteiger partial charge on any atom is -0.456 e. The number of hydrogen-bond acceptors (Lipinski definition) is 11. The molecule has 11 nitrogen and oxygen atoms in total. The van der Waals surface area contributed by atoms with Crippen LogP contribution in [0.25, 0.3) is 6.08 Å². The Morgan fingerprint density at radius 2 is 1.71 bits per heavy atom. The van der Waals surface area contributed by atoms with Crippen molar-refractivity contribution in [3.8, 4) is 11.5 Å². The summed E-state index contributed by atoms with van der Waals surface area (Å²) in [6.45, 7) is 5.45. The minimum atomic E-state index is -1.54. The Bertz CT molecular complexity index is 1030. The van der Waals surface area contributed by atoms with Gasteiger partial charge in [-0.3, -0.25) is 9.59 Å². The Kier molecular flexibility index (Phi) is 7.10. The van der Waals surface area contributed by atoms with E-state index in [2.05, 4.69) is 0 Å². The van der Waals surface area contributed by atoms with E-state index in [9.17, 15) is 29.4 Å². The summed E-state index contributed by atoms with van der Waals surface area (Å²) in [5, 5.41) is 20.6. The molecule has 1 saturated carbocycles. The predicted octanol–water partition coefficient (Wildman–Crippen LogP) is 1.03. The SMILES string of the molecule is CC(=O)Oc1ccc(/C=C/C(=O)O[C@@H]2C[C@]3(C[C@@H](O)[C@H]2O)OC(C)(C)OC3=O)cc1OC(C)=O. The summed E-state index contributed by atoms with van der Waals surface area (Å²) in [5.74, 6) is -4.02. The van der Waals surface area contributed by atoms with E-state index in [1.165, 1.54) is 52.0 Å². The molecule has 4 atom stereocenters. The van der Waals surface area contributed by atoms with Crippen LogP contribution in [-0.2, 0) is 33.4 Å². The molecule has 1 spiro atoms. The maximum Gasteiger partial charge on any atom is 0.341 e. The zero-order valence-corrected chi connectivity index (χ0v) is 19.1. The van der Waals surface area contributed by atoms with Gasteiger partial charge in [0.05, 0.1) is 6.10 Å². The fraction of sp³-hybridized carbons (Fsp3) is 0.478. The van der Waals surface area contributed by atoms with E-state index in [0.717, 1.165) is 6.08 Å². The van der Waals surface area contributed by atoms with Crippen LogP contribution in [-0.4, -0.2) is 63.8 Å². The molecule has 34 heavy (non-hydrogen) atoms. The molecule has 2 N–H and O–H groups in total. The topological polar surface area (TPSA) is 155 Å². The largest absolute Gasteiger partial charge is 0.456 e. The lowest BCUT2D eigenvalue weighted by atomic mass is 9.79. The highest BCUT2D eigenvalue weighted by molar-refractivity contribution is 5.88. The van der Waals surface area contributed by atoms with Gasteiger partial charge in [-0.1, -0.05) is 6.07 Å². The Hall–Kier alpha value is -3.28. The third-order valence-corrected chi connectivity index (χ3v) is 5.15. The van der Waals surface area contributed by atoms with Crippen LogP contribution in [0.2, 0.25) is 0 Å². The summed E-state index contributed by atoms with van der Waals surface area (Å²) >= 11 is 0. The van der Waals surface area contributed by atoms with Gasteiger partial charge < -0.3 is 33.9 Å². The maximum absolute atomic E-state index is 12.4. The van der Waals surface area contributed by atoms with Crippen LogP contribution in [0.15, 0.2) is 24.3 Å². The van der Waals surface area contributed by atoms with E-state index in [1.54, 1.807) is 0 Å². The highest BCUT2D eigenvalue weighted by Crippen LogP contribution is 2.43. The number of esters is 4. The Balaban J connectivity index is 1.73. The van der Waals surface area contributed by atoms with E-state index in [4.69, 9.17) is 23.7 Å². The van der Waals surface area contributed by atoms with Crippen LogP contribution in [0.5, 0.6) is 11.5 Å². The van der Waals surface area contributed by atoms with Crippen LogP contribution >= 0.6 is 0 Å². The third kappa shape index (κ3) is 5.79. The smallest absolute Gasteiger partial charge is 0.341 e. The Labute approximate surface area is 195 Å². The lowest BCUT2D eigenvalue weighted by Gasteiger charge is -2.39. The molecule has 2 fully saturated rings. The minimum absolute atomic E-state index is 0.0227. The second-order valence-corrected chi connectivity index (χ2v) is 8.55. The van der Waals surface area contributed by atoms with Crippen molar-refractivity contribution in [1.29, 1.82) is 0 Å². The first-order valence-electron chi connectivity index (χ1n) is 10.5. The van der Waals surface area contributed by atoms with Crippen molar-refractivity contribution in [2.75, 3.05) is 0 Å². The molecule has 0 amide bonds. The first kappa shape index (κ1) is 25.3. The number of cyclic esters (lactones) is 1. The Morgan fingerprint density at radius 1 is 1.06 bits per heavy atom. The summed E-state index contributed by atoms with van der Waals surface area (Å²) in [6.07, 6.45) is -2.03. The van der Waals surface area contributed by atoms with Gasteiger partial charge in [-0.15, -0.1) is 0 Å². The quantitative estimate of drug-likeness (QED) is 0.354. The summed E-state index contributed by atoms with van der Waals surface area (Å²) in [5.41, 5.74) is -1.13. The fourth-order valence-corrected chi connectivity index (χ4v) is 3.90. The highest BCUT2D eigenvalue weighted by Gasteiger charge is 2.60. The normalized spacial score (nSPS) is 27.9. The van der Waals surface area contributed by atoms with Gasteiger partial charge in [-0.05, 0) is 23.8 Å². The van der Waals surface area contributed by atoms with Crippen molar-refractivity contribution in [2.24, 2.45) is 0 Å². The molecule has 1 saturated heterocycles. The molecule has 1 heterocycles. The van der Waals surface area contributed by atoms with Gasteiger partial charge in [-0.2, -0.15) is 0 Å². The predicted molar refractivity (Wildman–Crippen MR) is 113 cm³/mol. The number of aliphatic hydroxyl groups excluding tert-OH is 2. The van der Waals surface area contributed by atoms with Crippen molar-refractivity contribution < 1.29 is 53.1 Å². The third-order valence-electron chi connectivity index (χ3n) is 5.15. The molecule has 0 radical (unpaired) electrons. The van der Waals surface area contributed by atoms with Crippen LogP contribution in [0.1, 0.15) is 46.1 Å². The van der Waals surface area contributed by atoms with Gasteiger partial charge in [0.1, 0.15) is 12.2 Å². The lowest BCUT2D eigenvalue weighted by molar-refractivity contribution is -0.209. The molecule has 1 aromatic carbocycles. The molecule has 184 valence electrons. The van der Waals surface area contributed by atoms with Crippen LogP contribution in [0.3, 0.4) is 0 Å². The molecular formula is C23H26O11. The van der Waals surface area contributed by atoms with Crippen molar-refractivity contribution in [3.05, 3.63) is 29.8 Å². The van der Waals surface area contributed by atoms with Gasteiger partial charge in [0, 0.05) is 46.6 Å². The van der Waals surface area contributed by atoms with Gasteiger partial charge in [-0.25, -0.2) is 9.59 Å². The number of ether oxygens (including phenoxy) is 5. The molecule has 0 aromatic heterocycles.